The molecule has 2 heteroatoms. The second kappa shape index (κ2) is 7.57. The topological polar surface area (TPSA) is 13.1 Å². The largest absolute Gasteiger partial charge is 0.449 e. The summed E-state index contributed by atoms with van der Waals surface area (Å²) in [7, 11) is 2.15. The molecule has 2 nitrogen and oxygen atoms in total. The average molecular weight is 453 g/mol. The molecule has 3 aromatic carbocycles. The van der Waals surface area contributed by atoms with Gasteiger partial charge in [-0.15, -0.1) is 0 Å². The molecule has 1 aliphatic heterocycles. The highest BCUT2D eigenvalue weighted by Gasteiger charge is 2.32. The molecule has 1 aromatic heterocycles. The van der Waals surface area contributed by atoms with E-state index in [0.717, 1.165) is 24.3 Å². The van der Waals surface area contributed by atoms with E-state index in [4.69, 9.17) is 4.74 Å². The van der Waals surface area contributed by atoms with Crippen LogP contribution in [0.1, 0.15) is 63.8 Å². The van der Waals surface area contributed by atoms with Crippen LogP contribution in [0.25, 0.3) is 32.8 Å². The van der Waals surface area contributed by atoms with E-state index in [9.17, 15) is 0 Å². The Hall–Kier alpha value is -2.87. The molecule has 0 radical (unpaired) electrons. The number of aryl methyl sites for hydroxylation is 2. The Balaban J connectivity index is 1.83. The molecule has 0 spiro atoms. The summed E-state index contributed by atoms with van der Waals surface area (Å²) in [6.07, 6.45) is 4.32. The van der Waals surface area contributed by atoms with Gasteiger partial charge >= 0.3 is 0 Å². The van der Waals surface area contributed by atoms with Gasteiger partial charge in [0, 0.05) is 16.2 Å². The number of pyridine rings is 1. The highest BCUT2D eigenvalue weighted by Crippen LogP contribution is 2.50. The molecule has 0 saturated carbocycles. The first-order chi connectivity index (χ1) is 15.8. The van der Waals surface area contributed by atoms with E-state index < -0.39 is 0 Å². The fourth-order valence-electron chi connectivity index (χ4n) is 5.59. The number of fused-ring (bicyclic) bond motifs is 4. The molecule has 4 aromatic rings. The van der Waals surface area contributed by atoms with Gasteiger partial charge < -0.3 is 4.74 Å². The van der Waals surface area contributed by atoms with Crippen molar-refractivity contribution in [1.82, 2.24) is 0 Å². The van der Waals surface area contributed by atoms with Crippen LogP contribution >= 0.6 is 0 Å². The van der Waals surface area contributed by atoms with Crippen molar-refractivity contribution in [1.29, 1.82) is 0 Å². The molecule has 5 rings (SSSR count). The molecule has 0 amide bonds. The minimum atomic E-state index is 0.219. The molecule has 176 valence electrons. The van der Waals surface area contributed by atoms with Crippen LogP contribution in [0.15, 0.2) is 42.6 Å². The van der Waals surface area contributed by atoms with Gasteiger partial charge in [-0.1, -0.05) is 59.7 Å². The molecule has 0 N–H and O–H groups in total. The first-order valence-electron chi connectivity index (χ1n) is 12.5. The molecule has 0 fully saturated rings. The average Bonchev–Trinajstić information content (AvgIpc) is 2.69. The lowest BCUT2D eigenvalue weighted by Crippen LogP contribution is -2.32. The van der Waals surface area contributed by atoms with E-state index in [1.165, 1.54) is 55.1 Å². The Morgan fingerprint density at radius 2 is 1.47 bits per heavy atom. The molecule has 2 heterocycles. The maximum absolute atomic E-state index is 6.86. The van der Waals surface area contributed by atoms with Crippen LogP contribution in [-0.2, 0) is 19.9 Å². The van der Waals surface area contributed by atoms with Crippen LogP contribution in [0.4, 0.5) is 0 Å². The van der Waals surface area contributed by atoms with E-state index in [1.54, 1.807) is 0 Å². The van der Waals surface area contributed by atoms with Crippen LogP contribution < -0.4 is 9.30 Å². The normalized spacial score (nSPS) is 13.3. The zero-order valence-electron chi connectivity index (χ0n) is 22.3. The molecule has 1 aliphatic rings. The third-order valence-corrected chi connectivity index (χ3v) is 6.96. The smallest absolute Gasteiger partial charge is 0.257 e. The minimum absolute atomic E-state index is 0.219. The molecular weight excluding hydrogens is 414 g/mol. The molecule has 34 heavy (non-hydrogen) atoms. The summed E-state index contributed by atoms with van der Waals surface area (Å²) in [6, 6.07) is 13.9. The van der Waals surface area contributed by atoms with Gasteiger partial charge in [0.15, 0.2) is 6.20 Å². The number of ether oxygens (including phenoxy) is 1. The predicted octanol–water partition coefficient (Wildman–Crippen LogP) is 8.38. The van der Waals surface area contributed by atoms with Gasteiger partial charge in [-0.2, -0.15) is 4.57 Å². The van der Waals surface area contributed by atoms with Gasteiger partial charge in [0.25, 0.3) is 5.69 Å². The number of rotatable bonds is 2. The van der Waals surface area contributed by atoms with E-state index in [2.05, 4.69) is 110 Å². The summed E-state index contributed by atoms with van der Waals surface area (Å²) in [5, 5.41) is 4.95. The third kappa shape index (κ3) is 3.98. The van der Waals surface area contributed by atoms with E-state index in [0.29, 0.717) is 0 Å². The van der Waals surface area contributed by atoms with Gasteiger partial charge in [0.2, 0.25) is 5.75 Å². The minimum Gasteiger partial charge on any atom is -0.449 e. The van der Waals surface area contributed by atoms with Crippen LogP contribution in [0.3, 0.4) is 0 Å². The van der Waals surface area contributed by atoms with Crippen LogP contribution in [0.5, 0.6) is 11.5 Å². The van der Waals surface area contributed by atoms with Crippen LogP contribution in [0.2, 0.25) is 0 Å². The molecule has 0 bridgehead atoms. The van der Waals surface area contributed by atoms with Crippen molar-refractivity contribution in [3.8, 4) is 22.8 Å². The number of hydrogen-bond donors (Lipinski definition) is 0. The van der Waals surface area contributed by atoms with E-state index >= 15 is 0 Å². The van der Waals surface area contributed by atoms with Gasteiger partial charge in [-0.25, -0.2) is 0 Å². The Kier molecular flexibility index (Phi) is 5.10. The Labute approximate surface area is 204 Å². The van der Waals surface area contributed by atoms with Crippen LogP contribution in [0, 0.1) is 24.7 Å². The predicted molar refractivity (Wildman–Crippen MR) is 144 cm³/mol. The fraction of sp³-hybridized carbons (Fsp3) is 0.406. The summed E-state index contributed by atoms with van der Waals surface area (Å²) >= 11 is 0. The van der Waals surface area contributed by atoms with Crippen molar-refractivity contribution in [2.24, 2.45) is 17.9 Å². The first kappa shape index (κ1) is 22.9. The maximum atomic E-state index is 6.86. The lowest BCUT2D eigenvalue weighted by atomic mass is 9.84. The maximum Gasteiger partial charge on any atom is 0.257 e. The quantitative estimate of drug-likeness (QED) is 0.245. The highest BCUT2D eigenvalue weighted by molar-refractivity contribution is 6.07. The molecule has 0 aliphatic carbocycles. The van der Waals surface area contributed by atoms with Crippen molar-refractivity contribution < 1.29 is 9.30 Å². The Morgan fingerprint density at radius 1 is 0.794 bits per heavy atom. The van der Waals surface area contributed by atoms with Crippen molar-refractivity contribution in [2.75, 3.05) is 0 Å². The fourth-order valence-corrected chi connectivity index (χ4v) is 5.59. The number of nitrogens with zero attached hydrogens (tertiary/aromatic N) is 1. The summed E-state index contributed by atoms with van der Waals surface area (Å²) < 4.78 is 9.12. The monoisotopic (exact) mass is 452 g/mol. The zero-order valence-corrected chi connectivity index (χ0v) is 22.3. The molecule has 0 saturated heterocycles. The molecule has 0 atom stereocenters. The Morgan fingerprint density at radius 3 is 2.15 bits per heavy atom. The van der Waals surface area contributed by atoms with Crippen molar-refractivity contribution in [3.63, 3.8) is 0 Å². The van der Waals surface area contributed by atoms with Gasteiger partial charge in [-0.3, -0.25) is 0 Å². The van der Waals surface area contributed by atoms with Gasteiger partial charge in [-0.05, 0) is 83.4 Å². The molecule has 0 unspecified atom stereocenters. The van der Waals surface area contributed by atoms with Crippen molar-refractivity contribution >= 4 is 21.5 Å². The summed E-state index contributed by atoms with van der Waals surface area (Å²) in [6.45, 7) is 18.3. The number of hydrogen-bond acceptors (Lipinski definition) is 1. The number of aromatic nitrogens is 1. The SMILES string of the molecule is Cc1cc2cc(CC(C)(C)C)cc3c2c(c1C)-c1c(c2cc(CC(C)(C)C)ccc2c[n+]1C)O3. The first-order valence-corrected chi connectivity index (χ1v) is 12.5. The standard InChI is InChI=1S/C32H38NO/c1-19-12-24-13-22(17-32(6,7)8)15-26-28(24)27(20(19)2)29-30(34-26)25-14-21(16-31(3,4)5)10-11-23(25)18-33(29)9/h10-15,18H,16-17H2,1-9H3/q+1. The van der Waals surface area contributed by atoms with Gasteiger partial charge in [0.1, 0.15) is 12.8 Å². The lowest BCUT2D eigenvalue weighted by molar-refractivity contribution is -0.659. The second-order valence-electron chi connectivity index (χ2n) is 12.8. The van der Waals surface area contributed by atoms with Gasteiger partial charge in [0.05, 0.1) is 5.56 Å². The highest BCUT2D eigenvalue weighted by atomic mass is 16.5. The molecular formula is C32H38NO+. The second-order valence-corrected chi connectivity index (χ2v) is 12.8. The van der Waals surface area contributed by atoms with E-state index in [1.807, 2.05) is 0 Å². The summed E-state index contributed by atoms with van der Waals surface area (Å²) in [5.41, 5.74) is 8.32. The third-order valence-electron chi connectivity index (χ3n) is 6.96. The summed E-state index contributed by atoms with van der Waals surface area (Å²) in [4.78, 5) is 0. The zero-order chi connectivity index (χ0) is 24.6. The number of benzene rings is 3. The van der Waals surface area contributed by atoms with Crippen LogP contribution in [-0.4, -0.2) is 0 Å². The van der Waals surface area contributed by atoms with E-state index in [-0.39, 0.29) is 10.8 Å². The van der Waals surface area contributed by atoms with Crippen molar-refractivity contribution in [3.05, 3.63) is 64.8 Å². The van der Waals surface area contributed by atoms with Crippen molar-refractivity contribution in [2.45, 2.75) is 68.2 Å². The Bertz CT molecular complexity index is 1460. The summed E-state index contributed by atoms with van der Waals surface area (Å²) in [5.74, 6) is 1.99. The lowest BCUT2D eigenvalue weighted by Gasteiger charge is -2.25.